The van der Waals surface area contributed by atoms with Crippen molar-refractivity contribution in [1.82, 2.24) is 5.32 Å². The van der Waals surface area contributed by atoms with Crippen LogP contribution in [0.2, 0.25) is 0 Å². The molecule has 0 saturated carbocycles. The number of halogens is 3. The van der Waals surface area contributed by atoms with Crippen molar-refractivity contribution in [3.8, 4) is 0 Å². The molecule has 1 aliphatic rings. The van der Waals surface area contributed by atoms with Crippen LogP contribution in [0.1, 0.15) is 36.9 Å². The minimum Gasteiger partial charge on any atom is -0.309 e. The average molecular weight is 289 g/mol. The van der Waals surface area contributed by atoms with Gasteiger partial charge in [0.15, 0.2) is 0 Å². The van der Waals surface area contributed by atoms with Crippen molar-refractivity contribution >= 4 is 11.8 Å². The summed E-state index contributed by atoms with van der Waals surface area (Å²) in [5.41, 5.74) is 0.311. The predicted molar refractivity (Wildman–Crippen MR) is 73.3 cm³/mol. The second-order valence-corrected chi connectivity index (χ2v) is 6.29. The first-order chi connectivity index (χ1) is 8.97. The molecule has 0 aromatic heterocycles. The monoisotopic (exact) mass is 289 g/mol. The van der Waals surface area contributed by atoms with E-state index < -0.39 is 11.7 Å². The predicted octanol–water partition coefficient (Wildman–Crippen LogP) is 4.25. The zero-order valence-corrected chi connectivity index (χ0v) is 11.7. The van der Waals surface area contributed by atoms with E-state index in [4.69, 9.17) is 0 Å². The van der Waals surface area contributed by atoms with Gasteiger partial charge in [0.1, 0.15) is 0 Å². The Labute approximate surface area is 116 Å². The first-order valence-corrected chi connectivity index (χ1v) is 7.54. The van der Waals surface area contributed by atoms with Crippen LogP contribution in [0.3, 0.4) is 0 Å². The third kappa shape index (κ3) is 4.14. The van der Waals surface area contributed by atoms with E-state index in [-0.39, 0.29) is 6.04 Å². The van der Waals surface area contributed by atoms with Gasteiger partial charge in [0, 0.05) is 17.8 Å². The number of hydrogen-bond donors (Lipinski definition) is 1. The molecule has 1 aromatic rings. The van der Waals surface area contributed by atoms with Gasteiger partial charge in [0.05, 0.1) is 5.56 Å². The Hall–Kier alpha value is -0.680. The van der Waals surface area contributed by atoms with E-state index >= 15 is 0 Å². The SMILES string of the molecule is CC(NCC1CCCS1)c1ccc(C(F)(F)F)cc1. The Morgan fingerprint density at radius 2 is 2.00 bits per heavy atom. The van der Waals surface area contributed by atoms with E-state index in [2.05, 4.69) is 5.32 Å². The van der Waals surface area contributed by atoms with E-state index in [1.807, 2.05) is 18.7 Å². The largest absolute Gasteiger partial charge is 0.416 e. The van der Waals surface area contributed by atoms with Crippen LogP contribution in [0.25, 0.3) is 0 Å². The molecule has 2 rings (SSSR count). The number of hydrogen-bond acceptors (Lipinski definition) is 2. The topological polar surface area (TPSA) is 12.0 Å². The molecule has 1 fully saturated rings. The van der Waals surface area contributed by atoms with Crippen LogP contribution < -0.4 is 5.32 Å². The quantitative estimate of drug-likeness (QED) is 0.889. The molecule has 1 saturated heterocycles. The number of rotatable bonds is 4. The van der Waals surface area contributed by atoms with Gasteiger partial charge < -0.3 is 5.32 Å². The first-order valence-electron chi connectivity index (χ1n) is 6.49. The smallest absolute Gasteiger partial charge is 0.309 e. The summed E-state index contributed by atoms with van der Waals surface area (Å²) in [7, 11) is 0. The van der Waals surface area contributed by atoms with Crippen LogP contribution in [0.15, 0.2) is 24.3 Å². The highest BCUT2D eigenvalue weighted by Crippen LogP contribution is 2.30. The Balaban J connectivity index is 1.89. The summed E-state index contributed by atoms with van der Waals surface area (Å²) >= 11 is 1.97. The average Bonchev–Trinajstić information content (AvgIpc) is 2.88. The fourth-order valence-corrected chi connectivity index (χ4v) is 3.41. The lowest BCUT2D eigenvalue weighted by atomic mass is 10.1. The third-order valence-corrected chi connectivity index (χ3v) is 4.81. The molecule has 1 nitrogen and oxygen atoms in total. The zero-order valence-electron chi connectivity index (χ0n) is 10.8. The van der Waals surface area contributed by atoms with E-state index in [0.29, 0.717) is 5.25 Å². The second kappa shape index (κ2) is 6.18. The van der Waals surface area contributed by atoms with Crippen LogP contribution in [-0.2, 0) is 6.18 Å². The fraction of sp³-hybridized carbons (Fsp3) is 0.571. The van der Waals surface area contributed by atoms with Gasteiger partial charge in [-0.2, -0.15) is 24.9 Å². The lowest BCUT2D eigenvalue weighted by Gasteiger charge is -2.17. The number of benzene rings is 1. The molecule has 0 spiro atoms. The number of alkyl halides is 3. The van der Waals surface area contributed by atoms with E-state index in [9.17, 15) is 13.2 Å². The Morgan fingerprint density at radius 3 is 2.53 bits per heavy atom. The fourth-order valence-electron chi connectivity index (χ4n) is 2.19. The van der Waals surface area contributed by atoms with Crippen molar-refractivity contribution in [3.63, 3.8) is 0 Å². The molecular formula is C14H18F3NS. The Bertz CT molecular complexity index is 396. The summed E-state index contributed by atoms with van der Waals surface area (Å²) in [6.07, 6.45) is -1.75. The summed E-state index contributed by atoms with van der Waals surface area (Å²) < 4.78 is 37.4. The van der Waals surface area contributed by atoms with Gasteiger partial charge >= 0.3 is 6.18 Å². The van der Waals surface area contributed by atoms with Crippen LogP contribution in [0.5, 0.6) is 0 Å². The molecular weight excluding hydrogens is 271 g/mol. The molecule has 1 aromatic carbocycles. The minimum atomic E-state index is -4.25. The number of thioether (sulfide) groups is 1. The van der Waals surface area contributed by atoms with Gasteiger partial charge in [-0.25, -0.2) is 0 Å². The normalized spacial score (nSPS) is 21.6. The highest BCUT2D eigenvalue weighted by molar-refractivity contribution is 8.00. The van der Waals surface area contributed by atoms with Gasteiger partial charge in [0.2, 0.25) is 0 Å². The highest BCUT2D eigenvalue weighted by atomic mass is 32.2. The van der Waals surface area contributed by atoms with Crippen molar-refractivity contribution in [2.45, 2.75) is 37.2 Å². The molecule has 1 N–H and O–H groups in total. The Kier molecular flexibility index (Phi) is 4.79. The van der Waals surface area contributed by atoms with Crippen molar-refractivity contribution < 1.29 is 13.2 Å². The molecule has 5 heteroatoms. The molecule has 1 aliphatic heterocycles. The molecule has 106 valence electrons. The molecule has 0 amide bonds. The van der Waals surface area contributed by atoms with Gasteiger partial charge in [-0.15, -0.1) is 0 Å². The molecule has 2 atom stereocenters. The maximum absolute atomic E-state index is 12.5. The van der Waals surface area contributed by atoms with Crippen molar-refractivity contribution in [3.05, 3.63) is 35.4 Å². The third-order valence-electron chi connectivity index (χ3n) is 3.41. The standard InChI is InChI=1S/C14H18F3NS/c1-10(18-9-13-3-2-8-19-13)11-4-6-12(7-5-11)14(15,16)17/h4-7,10,13,18H,2-3,8-9H2,1H3. The maximum atomic E-state index is 12.5. The zero-order chi connectivity index (χ0) is 13.9. The molecule has 0 aliphatic carbocycles. The van der Waals surface area contributed by atoms with Gasteiger partial charge in [-0.05, 0) is 43.2 Å². The summed E-state index contributed by atoms with van der Waals surface area (Å²) in [5.74, 6) is 1.22. The molecule has 1 heterocycles. The van der Waals surface area contributed by atoms with Gasteiger partial charge in [0.25, 0.3) is 0 Å². The van der Waals surface area contributed by atoms with E-state index in [0.717, 1.165) is 24.2 Å². The van der Waals surface area contributed by atoms with Crippen LogP contribution in [0, 0.1) is 0 Å². The highest BCUT2D eigenvalue weighted by Gasteiger charge is 2.30. The van der Waals surface area contributed by atoms with Crippen LogP contribution in [-0.4, -0.2) is 17.5 Å². The van der Waals surface area contributed by atoms with Crippen molar-refractivity contribution in [2.75, 3.05) is 12.3 Å². The molecule has 19 heavy (non-hydrogen) atoms. The van der Waals surface area contributed by atoms with Gasteiger partial charge in [-0.1, -0.05) is 12.1 Å². The van der Waals surface area contributed by atoms with Crippen molar-refractivity contribution in [2.24, 2.45) is 0 Å². The second-order valence-electron chi connectivity index (χ2n) is 4.88. The lowest BCUT2D eigenvalue weighted by molar-refractivity contribution is -0.137. The molecule has 2 unspecified atom stereocenters. The summed E-state index contributed by atoms with van der Waals surface area (Å²) in [4.78, 5) is 0. The number of nitrogens with one attached hydrogen (secondary N) is 1. The lowest BCUT2D eigenvalue weighted by Crippen LogP contribution is -2.26. The van der Waals surface area contributed by atoms with Crippen LogP contribution in [0.4, 0.5) is 13.2 Å². The molecule has 0 radical (unpaired) electrons. The summed E-state index contributed by atoms with van der Waals surface area (Å²) in [6, 6.07) is 5.50. The summed E-state index contributed by atoms with van der Waals surface area (Å²) in [5, 5.41) is 4.05. The summed E-state index contributed by atoms with van der Waals surface area (Å²) in [6.45, 7) is 2.91. The minimum absolute atomic E-state index is 0.0866. The maximum Gasteiger partial charge on any atom is 0.416 e. The van der Waals surface area contributed by atoms with Crippen LogP contribution >= 0.6 is 11.8 Å². The van der Waals surface area contributed by atoms with E-state index in [1.54, 1.807) is 12.1 Å². The molecule has 0 bridgehead atoms. The van der Waals surface area contributed by atoms with Gasteiger partial charge in [-0.3, -0.25) is 0 Å². The van der Waals surface area contributed by atoms with Crippen molar-refractivity contribution in [1.29, 1.82) is 0 Å². The first kappa shape index (κ1) is 14.7. The van der Waals surface area contributed by atoms with E-state index in [1.165, 1.54) is 18.6 Å². The Morgan fingerprint density at radius 1 is 1.32 bits per heavy atom.